The van der Waals surface area contributed by atoms with Crippen molar-refractivity contribution in [2.75, 3.05) is 0 Å². The quantitative estimate of drug-likeness (QED) is 0.747. The molecular weight excluding hydrogens is 344 g/mol. The Kier molecular flexibility index (Phi) is 6.58. The Bertz CT molecular complexity index is 742. The average Bonchev–Trinajstić information content (AvgIpc) is 3.01. The third-order valence-electron chi connectivity index (χ3n) is 3.60. The molecule has 0 fully saturated rings. The summed E-state index contributed by atoms with van der Waals surface area (Å²) >= 11 is 6.12. The number of amides is 1. The molecule has 25 heavy (non-hydrogen) atoms. The van der Waals surface area contributed by atoms with E-state index in [9.17, 15) is 9.59 Å². The monoisotopic (exact) mass is 364 g/mol. The third kappa shape index (κ3) is 5.60. The summed E-state index contributed by atoms with van der Waals surface area (Å²) in [5.74, 6) is -0.263. The number of nitrogens with zero attached hydrogens (tertiary/aromatic N) is 1. The topological polar surface area (TPSA) is 92.4 Å². The molecular formula is C18H21ClN2O4. The first-order valence-electron chi connectivity index (χ1n) is 8.08. The molecule has 0 aliphatic rings. The number of carbonyl (C=O) groups is 2. The summed E-state index contributed by atoms with van der Waals surface area (Å²) in [6.45, 7) is 3.82. The van der Waals surface area contributed by atoms with Crippen LogP contribution in [0.5, 0.6) is 0 Å². The van der Waals surface area contributed by atoms with Gasteiger partial charge in [0.2, 0.25) is 5.91 Å². The van der Waals surface area contributed by atoms with Gasteiger partial charge in [-0.3, -0.25) is 4.79 Å². The highest BCUT2D eigenvalue weighted by atomic mass is 35.5. The predicted octanol–water partition coefficient (Wildman–Crippen LogP) is 3.54. The summed E-state index contributed by atoms with van der Waals surface area (Å²) in [6.07, 6.45) is 2.33. The molecule has 2 aromatic rings. The zero-order valence-corrected chi connectivity index (χ0v) is 14.9. The summed E-state index contributed by atoms with van der Waals surface area (Å²) in [6, 6.07) is 6.37. The predicted molar refractivity (Wildman–Crippen MR) is 94.3 cm³/mol. The minimum atomic E-state index is -1.03. The van der Waals surface area contributed by atoms with Crippen LogP contribution in [-0.4, -0.2) is 28.0 Å². The fourth-order valence-electron chi connectivity index (χ4n) is 2.39. The number of nitrogens with one attached hydrogen (secondary N) is 1. The molecule has 0 saturated carbocycles. The highest BCUT2D eigenvalue weighted by Gasteiger charge is 2.21. The molecule has 0 aliphatic carbocycles. The van der Waals surface area contributed by atoms with Gasteiger partial charge < -0.3 is 14.8 Å². The van der Waals surface area contributed by atoms with E-state index in [0.29, 0.717) is 23.1 Å². The van der Waals surface area contributed by atoms with Gasteiger partial charge in [0.15, 0.2) is 11.7 Å². The molecule has 0 spiro atoms. The molecule has 1 atom stereocenters. The van der Waals surface area contributed by atoms with Crippen LogP contribution in [0.1, 0.15) is 32.6 Å². The molecule has 1 amide bonds. The van der Waals surface area contributed by atoms with Gasteiger partial charge in [-0.05, 0) is 24.5 Å². The van der Waals surface area contributed by atoms with Crippen LogP contribution < -0.4 is 5.32 Å². The lowest BCUT2D eigenvalue weighted by molar-refractivity contribution is -0.142. The third-order valence-corrected chi connectivity index (χ3v) is 3.93. The van der Waals surface area contributed by atoms with Crippen molar-refractivity contribution in [1.82, 2.24) is 10.3 Å². The van der Waals surface area contributed by atoms with Gasteiger partial charge >= 0.3 is 5.97 Å². The number of aromatic nitrogens is 1. The van der Waals surface area contributed by atoms with E-state index in [2.05, 4.69) is 10.3 Å². The van der Waals surface area contributed by atoms with E-state index in [1.807, 2.05) is 32.0 Å². The van der Waals surface area contributed by atoms with E-state index in [-0.39, 0.29) is 24.7 Å². The second-order valence-corrected chi connectivity index (χ2v) is 6.59. The molecule has 0 saturated heterocycles. The number of oxazole rings is 1. The van der Waals surface area contributed by atoms with Crippen molar-refractivity contribution in [2.45, 2.75) is 39.2 Å². The van der Waals surface area contributed by atoms with E-state index >= 15 is 0 Å². The van der Waals surface area contributed by atoms with Crippen LogP contribution in [0.3, 0.4) is 0 Å². The van der Waals surface area contributed by atoms with Gasteiger partial charge in [-0.25, -0.2) is 9.78 Å². The largest absolute Gasteiger partial charge is 0.480 e. The first-order valence-corrected chi connectivity index (χ1v) is 8.46. The fraction of sp³-hybridized carbons (Fsp3) is 0.389. The molecule has 0 bridgehead atoms. The molecule has 134 valence electrons. The Morgan fingerprint density at radius 2 is 2.04 bits per heavy atom. The molecule has 0 radical (unpaired) electrons. The number of carbonyl (C=O) groups excluding carboxylic acids is 1. The molecule has 1 aromatic carbocycles. The molecule has 0 aliphatic heterocycles. The molecule has 2 N–H and O–H groups in total. The minimum absolute atomic E-state index is 0.102. The molecule has 6 nitrogen and oxygen atoms in total. The molecule has 7 heteroatoms. The second-order valence-electron chi connectivity index (χ2n) is 6.19. The van der Waals surface area contributed by atoms with Crippen LogP contribution in [0.2, 0.25) is 5.02 Å². The Morgan fingerprint density at radius 3 is 2.68 bits per heavy atom. The lowest BCUT2D eigenvalue weighted by Gasteiger charge is -2.16. The Balaban J connectivity index is 1.92. The van der Waals surface area contributed by atoms with Crippen molar-refractivity contribution >= 4 is 23.5 Å². The van der Waals surface area contributed by atoms with E-state index in [0.717, 1.165) is 5.56 Å². The van der Waals surface area contributed by atoms with Crippen LogP contribution in [0, 0.1) is 5.92 Å². The lowest BCUT2D eigenvalue weighted by atomic mass is 10.0. The van der Waals surface area contributed by atoms with Crippen molar-refractivity contribution in [1.29, 1.82) is 0 Å². The molecule has 2 rings (SSSR count). The van der Waals surface area contributed by atoms with Crippen molar-refractivity contribution in [3.8, 4) is 11.3 Å². The van der Waals surface area contributed by atoms with E-state index in [4.69, 9.17) is 21.1 Å². The number of carboxylic acid groups (broad SMARTS) is 1. The number of halogens is 1. The fourth-order valence-corrected chi connectivity index (χ4v) is 2.62. The first kappa shape index (κ1) is 19.0. The standard InChI is InChI=1S/C18H21ClN2O4/c1-11(2)9-14(18(23)24)21-16(22)7-8-17-20-10-15(25-17)12-5-3-4-6-13(12)19/h3-6,10-11,14H,7-9H2,1-2H3,(H,21,22)(H,23,24)/t14-/m1/s1. The van der Waals surface area contributed by atoms with Crippen molar-refractivity contribution in [3.05, 3.63) is 41.4 Å². The first-order chi connectivity index (χ1) is 11.9. The minimum Gasteiger partial charge on any atom is -0.480 e. The second kappa shape index (κ2) is 8.67. The highest BCUT2D eigenvalue weighted by Crippen LogP contribution is 2.28. The summed E-state index contributed by atoms with van der Waals surface area (Å²) in [5, 5.41) is 12.2. The number of benzene rings is 1. The van der Waals surface area contributed by atoms with Crippen molar-refractivity contribution in [2.24, 2.45) is 5.92 Å². The van der Waals surface area contributed by atoms with Crippen LogP contribution in [0.15, 0.2) is 34.9 Å². The average molecular weight is 365 g/mol. The molecule has 1 heterocycles. The van der Waals surface area contributed by atoms with Gasteiger partial charge in [-0.15, -0.1) is 0 Å². The maximum absolute atomic E-state index is 12.0. The summed E-state index contributed by atoms with van der Waals surface area (Å²) in [7, 11) is 0. The van der Waals surface area contributed by atoms with Crippen LogP contribution in [-0.2, 0) is 16.0 Å². The van der Waals surface area contributed by atoms with Gasteiger partial charge in [0.1, 0.15) is 6.04 Å². The summed E-state index contributed by atoms with van der Waals surface area (Å²) in [5.41, 5.74) is 0.732. The zero-order valence-electron chi connectivity index (χ0n) is 14.2. The van der Waals surface area contributed by atoms with Gasteiger partial charge in [0, 0.05) is 18.4 Å². The highest BCUT2D eigenvalue weighted by molar-refractivity contribution is 6.33. The number of carboxylic acids is 1. The van der Waals surface area contributed by atoms with Gasteiger partial charge in [-0.2, -0.15) is 0 Å². The zero-order chi connectivity index (χ0) is 18.4. The molecule has 1 aromatic heterocycles. The smallest absolute Gasteiger partial charge is 0.326 e. The van der Waals surface area contributed by atoms with Crippen molar-refractivity contribution < 1.29 is 19.1 Å². The van der Waals surface area contributed by atoms with E-state index in [1.165, 1.54) is 0 Å². The van der Waals surface area contributed by atoms with Crippen LogP contribution in [0.4, 0.5) is 0 Å². The number of rotatable bonds is 8. The van der Waals surface area contributed by atoms with Crippen LogP contribution in [0.25, 0.3) is 11.3 Å². The van der Waals surface area contributed by atoms with E-state index in [1.54, 1.807) is 12.3 Å². The van der Waals surface area contributed by atoms with Crippen molar-refractivity contribution in [3.63, 3.8) is 0 Å². The number of hydrogen-bond acceptors (Lipinski definition) is 4. The molecule has 0 unspecified atom stereocenters. The summed E-state index contributed by atoms with van der Waals surface area (Å²) < 4.78 is 5.63. The Morgan fingerprint density at radius 1 is 1.32 bits per heavy atom. The van der Waals surface area contributed by atoms with E-state index < -0.39 is 12.0 Å². The summed E-state index contributed by atoms with van der Waals surface area (Å²) in [4.78, 5) is 27.3. The SMILES string of the molecule is CC(C)C[C@@H](NC(=O)CCc1ncc(-c2ccccc2Cl)o1)C(=O)O. The Hall–Kier alpha value is -2.34. The normalized spacial score (nSPS) is 12.2. The number of hydrogen-bond donors (Lipinski definition) is 2. The number of aryl methyl sites for hydroxylation is 1. The number of aliphatic carboxylic acids is 1. The maximum atomic E-state index is 12.0. The van der Waals surface area contributed by atoms with Gasteiger partial charge in [0.05, 0.1) is 11.2 Å². The van der Waals surface area contributed by atoms with Gasteiger partial charge in [0.25, 0.3) is 0 Å². The van der Waals surface area contributed by atoms with Crippen LogP contribution >= 0.6 is 11.6 Å². The van der Waals surface area contributed by atoms with Gasteiger partial charge in [-0.1, -0.05) is 37.6 Å². The lowest BCUT2D eigenvalue weighted by Crippen LogP contribution is -2.41. The maximum Gasteiger partial charge on any atom is 0.326 e. The Labute approximate surface area is 151 Å².